The molecule has 0 fully saturated rings. The maximum absolute atomic E-state index is 4.43. The second kappa shape index (κ2) is 7.81. The van der Waals surface area contributed by atoms with Gasteiger partial charge >= 0.3 is 0 Å². The lowest BCUT2D eigenvalue weighted by Gasteiger charge is -2.26. The predicted octanol–water partition coefficient (Wildman–Crippen LogP) is 9.05. The van der Waals surface area contributed by atoms with Crippen molar-refractivity contribution in [1.29, 1.82) is 0 Å². The van der Waals surface area contributed by atoms with E-state index in [1.54, 1.807) is 11.3 Å². The molecule has 4 aromatic carbocycles. The van der Waals surface area contributed by atoms with Crippen molar-refractivity contribution in [3.05, 3.63) is 108 Å². The van der Waals surface area contributed by atoms with Crippen LogP contribution in [-0.4, -0.2) is 9.55 Å². The summed E-state index contributed by atoms with van der Waals surface area (Å²) >= 11 is 1.67. The largest absolute Gasteiger partial charge is 0.341 e. The molecule has 0 aliphatic heterocycles. The van der Waals surface area contributed by atoms with Gasteiger partial charge in [0.15, 0.2) is 0 Å². The van der Waals surface area contributed by atoms with Crippen LogP contribution in [-0.2, 0) is 12.0 Å². The highest BCUT2D eigenvalue weighted by molar-refractivity contribution is 7.14. The van der Waals surface area contributed by atoms with Crippen molar-refractivity contribution < 1.29 is 0 Å². The Balaban J connectivity index is 1.44. The number of anilines is 3. The maximum Gasteiger partial charge on any atom is 0.120 e. The number of hydrogen-bond acceptors (Lipinski definition) is 3. The molecule has 0 saturated heterocycles. The summed E-state index contributed by atoms with van der Waals surface area (Å²) in [5.74, 6) is 0. The SMILES string of the molecule is CCn1c2ccccc2c2cc(N(c3ccc4c(c3)C(C)(C)c3ccccc3-4)c3cncs3)ccc21. The lowest BCUT2D eigenvalue weighted by Crippen LogP contribution is -2.16. The van der Waals surface area contributed by atoms with Crippen LogP contribution in [0.2, 0.25) is 0 Å². The number of benzene rings is 4. The summed E-state index contributed by atoms with van der Waals surface area (Å²) in [6.07, 6.45) is 1.97. The van der Waals surface area contributed by atoms with E-state index in [2.05, 4.69) is 120 Å². The molecule has 1 aliphatic rings. The summed E-state index contributed by atoms with van der Waals surface area (Å²) in [5, 5.41) is 3.70. The molecule has 0 N–H and O–H groups in total. The fraction of sp³-hybridized carbons (Fsp3) is 0.156. The number of hydrogen-bond donors (Lipinski definition) is 0. The van der Waals surface area contributed by atoms with Crippen LogP contribution >= 0.6 is 11.3 Å². The number of para-hydroxylation sites is 1. The molecule has 0 spiro atoms. The minimum atomic E-state index is -0.0419. The predicted molar refractivity (Wildman–Crippen MR) is 153 cm³/mol. The summed E-state index contributed by atoms with van der Waals surface area (Å²) in [6.45, 7) is 7.84. The van der Waals surface area contributed by atoms with Gasteiger partial charge in [0.05, 0.1) is 11.7 Å². The molecule has 176 valence electrons. The van der Waals surface area contributed by atoms with Crippen molar-refractivity contribution in [3.8, 4) is 11.1 Å². The summed E-state index contributed by atoms with van der Waals surface area (Å²) in [6, 6.07) is 31.3. The normalized spacial score (nSPS) is 13.8. The van der Waals surface area contributed by atoms with Crippen LogP contribution in [0.3, 0.4) is 0 Å². The van der Waals surface area contributed by atoms with Crippen LogP contribution in [0.25, 0.3) is 32.9 Å². The smallest absolute Gasteiger partial charge is 0.120 e. The molecule has 36 heavy (non-hydrogen) atoms. The van der Waals surface area contributed by atoms with E-state index in [9.17, 15) is 0 Å². The third-order valence-electron chi connectivity index (χ3n) is 7.80. The Labute approximate surface area is 215 Å². The number of fused-ring (bicyclic) bond motifs is 6. The van der Waals surface area contributed by atoms with Gasteiger partial charge < -0.3 is 9.47 Å². The summed E-state index contributed by atoms with van der Waals surface area (Å²) in [5.41, 5.74) is 12.2. The minimum absolute atomic E-state index is 0.0419. The van der Waals surface area contributed by atoms with Gasteiger partial charge in [-0.2, -0.15) is 0 Å². The van der Waals surface area contributed by atoms with E-state index < -0.39 is 0 Å². The first-order chi connectivity index (χ1) is 17.6. The van der Waals surface area contributed by atoms with Crippen molar-refractivity contribution in [3.63, 3.8) is 0 Å². The van der Waals surface area contributed by atoms with E-state index in [1.807, 2.05) is 11.7 Å². The van der Waals surface area contributed by atoms with Crippen LogP contribution in [0.5, 0.6) is 0 Å². The van der Waals surface area contributed by atoms with E-state index in [-0.39, 0.29) is 5.41 Å². The zero-order valence-corrected chi connectivity index (χ0v) is 21.5. The maximum atomic E-state index is 4.43. The van der Waals surface area contributed by atoms with Crippen LogP contribution in [0.15, 0.2) is 96.6 Å². The fourth-order valence-corrected chi connectivity index (χ4v) is 6.74. The summed E-state index contributed by atoms with van der Waals surface area (Å²) in [7, 11) is 0. The zero-order chi connectivity index (χ0) is 24.4. The fourth-order valence-electron chi connectivity index (χ4n) is 6.08. The van der Waals surface area contributed by atoms with Crippen molar-refractivity contribution in [2.75, 3.05) is 4.90 Å². The molecule has 7 rings (SSSR count). The molecule has 6 aromatic rings. The second-order valence-electron chi connectivity index (χ2n) is 10.0. The molecule has 2 aromatic heterocycles. The van der Waals surface area contributed by atoms with Crippen molar-refractivity contribution >= 4 is 49.5 Å². The van der Waals surface area contributed by atoms with Crippen LogP contribution in [0, 0.1) is 0 Å². The van der Waals surface area contributed by atoms with Gasteiger partial charge in [-0.1, -0.05) is 62.4 Å². The van der Waals surface area contributed by atoms with Gasteiger partial charge in [0.1, 0.15) is 5.00 Å². The van der Waals surface area contributed by atoms with E-state index in [1.165, 1.54) is 44.1 Å². The topological polar surface area (TPSA) is 21.1 Å². The molecule has 0 unspecified atom stereocenters. The molecule has 0 radical (unpaired) electrons. The van der Waals surface area contributed by atoms with E-state index >= 15 is 0 Å². The van der Waals surface area contributed by atoms with Crippen molar-refractivity contribution in [2.24, 2.45) is 0 Å². The highest BCUT2D eigenvalue weighted by atomic mass is 32.1. The first-order valence-corrected chi connectivity index (χ1v) is 13.4. The molecule has 0 atom stereocenters. The van der Waals surface area contributed by atoms with Crippen LogP contribution in [0.1, 0.15) is 31.9 Å². The molecular formula is C32H27N3S. The average molecular weight is 486 g/mol. The molecule has 1 aliphatic carbocycles. The molecule has 0 bridgehead atoms. The number of aromatic nitrogens is 2. The third-order valence-corrected chi connectivity index (χ3v) is 8.55. The Morgan fingerprint density at radius 2 is 1.50 bits per heavy atom. The molecule has 2 heterocycles. The molecule has 0 amide bonds. The Kier molecular flexibility index (Phi) is 4.64. The highest BCUT2D eigenvalue weighted by Gasteiger charge is 2.35. The standard InChI is InChI=1S/C32H27N3S/c1-4-34-29-12-8-6-10-25(29)26-17-21(14-16-30(26)34)35(31-19-33-20-36-31)22-13-15-24-23-9-5-7-11-27(23)32(2,3)28(24)18-22/h5-20H,4H2,1-3H3. The van der Waals surface area contributed by atoms with Crippen molar-refractivity contribution in [2.45, 2.75) is 32.7 Å². The lowest BCUT2D eigenvalue weighted by atomic mass is 9.82. The number of aryl methyl sites for hydroxylation is 1. The monoisotopic (exact) mass is 485 g/mol. The molecule has 3 nitrogen and oxygen atoms in total. The van der Waals surface area contributed by atoms with Gasteiger partial charge in [0.2, 0.25) is 0 Å². The molecule has 0 saturated carbocycles. The third kappa shape index (κ3) is 2.94. The van der Waals surface area contributed by atoms with Gasteiger partial charge in [-0.3, -0.25) is 4.98 Å². The summed E-state index contributed by atoms with van der Waals surface area (Å²) in [4.78, 5) is 6.79. The minimum Gasteiger partial charge on any atom is -0.341 e. The summed E-state index contributed by atoms with van der Waals surface area (Å²) < 4.78 is 2.40. The number of rotatable bonds is 4. The van der Waals surface area contributed by atoms with Crippen LogP contribution in [0.4, 0.5) is 16.4 Å². The lowest BCUT2D eigenvalue weighted by molar-refractivity contribution is 0.660. The van der Waals surface area contributed by atoms with E-state index in [0.29, 0.717) is 0 Å². The Hall–Kier alpha value is -3.89. The average Bonchev–Trinajstić information content (AvgIpc) is 3.60. The number of thiazole rings is 1. The zero-order valence-electron chi connectivity index (χ0n) is 20.7. The van der Waals surface area contributed by atoms with Gasteiger partial charge in [-0.05, 0) is 65.6 Å². The quantitative estimate of drug-likeness (QED) is 0.248. The Bertz CT molecular complexity index is 1760. The Morgan fingerprint density at radius 3 is 2.33 bits per heavy atom. The molecular weight excluding hydrogens is 458 g/mol. The van der Waals surface area contributed by atoms with Gasteiger partial charge in [0, 0.05) is 45.1 Å². The first-order valence-electron chi connectivity index (χ1n) is 12.5. The van der Waals surface area contributed by atoms with Gasteiger partial charge in [-0.15, -0.1) is 11.3 Å². The van der Waals surface area contributed by atoms with Crippen molar-refractivity contribution in [1.82, 2.24) is 9.55 Å². The Morgan fingerprint density at radius 1 is 0.778 bits per heavy atom. The van der Waals surface area contributed by atoms with Gasteiger partial charge in [-0.25, -0.2) is 0 Å². The molecule has 4 heteroatoms. The van der Waals surface area contributed by atoms with E-state index in [0.717, 1.165) is 22.9 Å². The number of nitrogens with zero attached hydrogens (tertiary/aromatic N) is 3. The second-order valence-corrected chi connectivity index (χ2v) is 10.9. The van der Waals surface area contributed by atoms with Gasteiger partial charge in [0.25, 0.3) is 0 Å². The van der Waals surface area contributed by atoms with E-state index in [4.69, 9.17) is 0 Å². The highest BCUT2D eigenvalue weighted by Crippen LogP contribution is 2.51. The first kappa shape index (κ1) is 21.4. The van der Waals surface area contributed by atoms with Crippen LogP contribution < -0.4 is 4.90 Å².